The molecule has 0 fully saturated rings. The summed E-state index contributed by atoms with van der Waals surface area (Å²) in [5.74, 6) is 0.889. The molecule has 0 atom stereocenters. The molecule has 122 valence electrons. The Morgan fingerprint density at radius 1 is 0.760 bits per heavy atom. The maximum Gasteiger partial charge on any atom is 0.119 e. The van der Waals surface area contributed by atoms with E-state index in [1.807, 2.05) is 12.1 Å². The Morgan fingerprint density at radius 2 is 1.56 bits per heavy atom. The molecular formula is C22H18N2S. The van der Waals surface area contributed by atoms with Crippen LogP contribution in [0.15, 0.2) is 83.9 Å². The first-order valence-electron chi connectivity index (χ1n) is 8.30. The Labute approximate surface area is 151 Å². The van der Waals surface area contributed by atoms with Crippen molar-refractivity contribution in [2.24, 2.45) is 0 Å². The average molecular weight is 342 g/mol. The minimum atomic E-state index is 0.889. The van der Waals surface area contributed by atoms with Crippen molar-refractivity contribution in [2.45, 2.75) is 17.7 Å². The summed E-state index contributed by atoms with van der Waals surface area (Å²) in [6.07, 6.45) is 0. The van der Waals surface area contributed by atoms with Crippen molar-refractivity contribution >= 4 is 22.5 Å². The summed E-state index contributed by atoms with van der Waals surface area (Å²) in [7, 11) is 0. The quantitative estimate of drug-likeness (QED) is 0.432. The number of aromatic nitrogens is 2. The molecule has 0 aliphatic heterocycles. The largest absolute Gasteiger partial charge is 0.149 e. The zero-order valence-corrected chi connectivity index (χ0v) is 14.8. The van der Waals surface area contributed by atoms with Crippen molar-refractivity contribution in [1.82, 2.24) is 10.2 Å². The van der Waals surface area contributed by atoms with Gasteiger partial charge in [0.2, 0.25) is 0 Å². The van der Waals surface area contributed by atoms with E-state index in [0.29, 0.717) is 0 Å². The van der Waals surface area contributed by atoms with E-state index in [1.54, 1.807) is 11.8 Å². The number of hydrogen-bond donors (Lipinski definition) is 0. The van der Waals surface area contributed by atoms with Crippen molar-refractivity contribution < 1.29 is 0 Å². The van der Waals surface area contributed by atoms with Crippen LogP contribution in [0.25, 0.3) is 22.0 Å². The van der Waals surface area contributed by atoms with Gasteiger partial charge in [-0.3, -0.25) is 0 Å². The number of aryl methyl sites for hydroxylation is 1. The van der Waals surface area contributed by atoms with Gasteiger partial charge >= 0.3 is 0 Å². The van der Waals surface area contributed by atoms with Crippen LogP contribution >= 0.6 is 11.8 Å². The molecule has 0 saturated carbocycles. The highest BCUT2D eigenvalue weighted by molar-refractivity contribution is 7.98. The molecule has 3 heteroatoms. The molecule has 1 heterocycles. The third-order valence-corrected chi connectivity index (χ3v) is 5.29. The Hall–Kier alpha value is -2.65. The smallest absolute Gasteiger partial charge is 0.119 e. The van der Waals surface area contributed by atoms with E-state index in [9.17, 15) is 0 Å². The highest BCUT2D eigenvalue weighted by Crippen LogP contribution is 2.27. The van der Waals surface area contributed by atoms with Crippen LogP contribution in [0, 0.1) is 6.92 Å². The summed E-state index contributed by atoms with van der Waals surface area (Å²) < 4.78 is 0. The van der Waals surface area contributed by atoms with E-state index in [1.165, 1.54) is 21.9 Å². The average Bonchev–Trinajstić information content (AvgIpc) is 2.67. The molecule has 0 N–H and O–H groups in total. The minimum Gasteiger partial charge on any atom is -0.149 e. The van der Waals surface area contributed by atoms with Gasteiger partial charge in [-0.15, -0.1) is 10.2 Å². The lowest BCUT2D eigenvalue weighted by molar-refractivity contribution is 0.934. The molecule has 4 aromatic rings. The summed E-state index contributed by atoms with van der Waals surface area (Å²) in [6, 6.07) is 27.3. The molecule has 0 bridgehead atoms. The van der Waals surface area contributed by atoms with E-state index in [0.717, 1.165) is 22.0 Å². The zero-order chi connectivity index (χ0) is 17.1. The van der Waals surface area contributed by atoms with E-state index in [4.69, 9.17) is 0 Å². The van der Waals surface area contributed by atoms with Crippen molar-refractivity contribution in [3.63, 3.8) is 0 Å². The van der Waals surface area contributed by atoms with Gasteiger partial charge in [-0.05, 0) is 41.0 Å². The fourth-order valence-electron chi connectivity index (χ4n) is 2.97. The molecule has 0 unspecified atom stereocenters. The van der Waals surface area contributed by atoms with Crippen LogP contribution in [-0.4, -0.2) is 10.2 Å². The topological polar surface area (TPSA) is 25.8 Å². The molecular weight excluding hydrogens is 324 g/mol. The van der Waals surface area contributed by atoms with Gasteiger partial charge in [-0.1, -0.05) is 78.5 Å². The molecule has 1 aromatic heterocycles. The van der Waals surface area contributed by atoms with E-state index < -0.39 is 0 Å². The van der Waals surface area contributed by atoms with Gasteiger partial charge in [0.25, 0.3) is 0 Å². The summed E-state index contributed by atoms with van der Waals surface area (Å²) in [6.45, 7) is 2.10. The monoisotopic (exact) mass is 342 g/mol. The standard InChI is InChI=1S/C22H18N2S/c1-16-7-2-4-11-19(16)21-13-14-22(24-23-21)25-15-18-10-6-9-17-8-3-5-12-20(17)18/h2-14H,15H2,1H3. The van der Waals surface area contributed by atoms with Gasteiger partial charge in [-0.25, -0.2) is 0 Å². The van der Waals surface area contributed by atoms with Gasteiger partial charge in [0.15, 0.2) is 0 Å². The predicted molar refractivity (Wildman–Crippen MR) is 106 cm³/mol. The molecule has 0 saturated heterocycles. The molecule has 0 amide bonds. The Balaban J connectivity index is 1.53. The molecule has 0 spiro atoms. The van der Waals surface area contributed by atoms with E-state index in [-0.39, 0.29) is 0 Å². The maximum atomic E-state index is 4.41. The highest BCUT2D eigenvalue weighted by atomic mass is 32.2. The van der Waals surface area contributed by atoms with Gasteiger partial charge in [0.05, 0.1) is 5.69 Å². The molecule has 0 aliphatic carbocycles. The fourth-order valence-corrected chi connectivity index (χ4v) is 3.79. The first-order valence-corrected chi connectivity index (χ1v) is 9.29. The molecule has 2 nitrogen and oxygen atoms in total. The fraction of sp³-hybridized carbons (Fsp3) is 0.0909. The minimum absolute atomic E-state index is 0.889. The second kappa shape index (κ2) is 7.08. The Morgan fingerprint density at radius 3 is 2.40 bits per heavy atom. The summed E-state index contributed by atoms with van der Waals surface area (Å²) >= 11 is 1.72. The number of rotatable bonds is 4. The van der Waals surface area contributed by atoms with Crippen molar-refractivity contribution in [3.05, 3.63) is 90.0 Å². The van der Waals surface area contributed by atoms with Crippen LogP contribution in [0.2, 0.25) is 0 Å². The molecule has 0 radical (unpaired) electrons. The molecule has 25 heavy (non-hydrogen) atoms. The van der Waals surface area contributed by atoms with Gasteiger partial charge in [0, 0.05) is 11.3 Å². The van der Waals surface area contributed by atoms with Gasteiger partial charge in [0.1, 0.15) is 5.03 Å². The van der Waals surface area contributed by atoms with Crippen molar-refractivity contribution in [2.75, 3.05) is 0 Å². The lowest BCUT2D eigenvalue weighted by Crippen LogP contribution is -1.92. The number of hydrogen-bond acceptors (Lipinski definition) is 3. The number of thioether (sulfide) groups is 1. The van der Waals surface area contributed by atoms with E-state index in [2.05, 4.69) is 83.9 Å². The molecule has 4 rings (SSSR count). The predicted octanol–water partition coefficient (Wildman–Crippen LogP) is 5.90. The summed E-state index contributed by atoms with van der Waals surface area (Å²) in [5.41, 5.74) is 4.61. The van der Waals surface area contributed by atoms with E-state index >= 15 is 0 Å². The van der Waals surface area contributed by atoms with Crippen LogP contribution in [0.4, 0.5) is 0 Å². The lowest BCUT2D eigenvalue weighted by Gasteiger charge is -2.07. The second-order valence-electron chi connectivity index (χ2n) is 6.00. The number of nitrogens with zero attached hydrogens (tertiary/aromatic N) is 2. The summed E-state index contributed by atoms with van der Waals surface area (Å²) in [5, 5.41) is 12.4. The van der Waals surface area contributed by atoms with Crippen molar-refractivity contribution in [3.8, 4) is 11.3 Å². The Bertz CT molecular complexity index is 1000. The SMILES string of the molecule is Cc1ccccc1-c1ccc(SCc2cccc3ccccc23)nn1. The number of benzene rings is 3. The third kappa shape index (κ3) is 3.42. The van der Waals surface area contributed by atoms with Crippen LogP contribution in [0.3, 0.4) is 0 Å². The zero-order valence-electron chi connectivity index (χ0n) is 14.0. The third-order valence-electron chi connectivity index (χ3n) is 4.32. The van der Waals surface area contributed by atoms with Gasteiger partial charge in [-0.2, -0.15) is 0 Å². The first kappa shape index (κ1) is 15.9. The number of fused-ring (bicyclic) bond motifs is 1. The Kier molecular flexibility index (Phi) is 4.49. The van der Waals surface area contributed by atoms with Crippen molar-refractivity contribution in [1.29, 1.82) is 0 Å². The van der Waals surface area contributed by atoms with Crippen LogP contribution in [-0.2, 0) is 5.75 Å². The first-order chi connectivity index (χ1) is 12.3. The lowest BCUT2D eigenvalue weighted by atomic mass is 10.1. The maximum absolute atomic E-state index is 4.41. The normalized spacial score (nSPS) is 10.9. The van der Waals surface area contributed by atoms with Crippen LogP contribution < -0.4 is 0 Å². The van der Waals surface area contributed by atoms with Crippen LogP contribution in [0.1, 0.15) is 11.1 Å². The summed E-state index contributed by atoms with van der Waals surface area (Å²) in [4.78, 5) is 0. The molecule has 3 aromatic carbocycles. The highest BCUT2D eigenvalue weighted by Gasteiger charge is 2.06. The van der Waals surface area contributed by atoms with Gasteiger partial charge < -0.3 is 0 Å². The second-order valence-corrected chi connectivity index (χ2v) is 6.99. The molecule has 0 aliphatic rings. The van der Waals surface area contributed by atoms with Crippen LogP contribution in [0.5, 0.6) is 0 Å².